The van der Waals surface area contributed by atoms with E-state index in [9.17, 15) is 9.59 Å². The summed E-state index contributed by atoms with van der Waals surface area (Å²) < 4.78 is 1.55. The van der Waals surface area contributed by atoms with E-state index in [4.69, 9.17) is 0 Å². The number of carbonyl (C=O) groups is 1. The molecular formula is C19H26N6O2. The Morgan fingerprint density at radius 3 is 2.56 bits per heavy atom. The molecule has 0 aromatic carbocycles. The van der Waals surface area contributed by atoms with E-state index in [-0.39, 0.29) is 11.5 Å². The Balaban J connectivity index is 1.28. The highest BCUT2D eigenvalue weighted by atomic mass is 16.1. The van der Waals surface area contributed by atoms with Crippen LogP contribution in [0.4, 0.5) is 5.95 Å². The molecule has 1 aliphatic heterocycles. The van der Waals surface area contributed by atoms with Crippen LogP contribution in [-0.4, -0.2) is 64.6 Å². The molecule has 1 aliphatic rings. The summed E-state index contributed by atoms with van der Waals surface area (Å²) in [6.45, 7) is 5.82. The van der Waals surface area contributed by atoms with Crippen LogP contribution >= 0.6 is 0 Å². The van der Waals surface area contributed by atoms with Gasteiger partial charge in [-0.05, 0) is 25.1 Å². The number of rotatable bonds is 8. The fourth-order valence-corrected chi connectivity index (χ4v) is 3.11. The number of nitrogens with one attached hydrogen (secondary N) is 1. The van der Waals surface area contributed by atoms with Crippen LogP contribution in [0.5, 0.6) is 0 Å². The van der Waals surface area contributed by atoms with Gasteiger partial charge in [0.2, 0.25) is 11.9 Å². The van der Waals surface area contributed by atoms with E-state index in [2.05, 4.69) is 25.1 Å². The minimum Gasteiger partial charge on any atom is -0.356 e. The molecule has 8 heteroatoms. The first-order valence-corrected chi connectivity index (χ1v) is 9.39. The van der Waals surface area contributed by atoms with Crippen molar-refractivity contribution in [3.05, 3.63) is 53.2 Å². The fraction of sp³-hybridized carbons (Fsp3) is 0.474. The highest BCUT2D eigenvalue weighted by molar-refractivity contribution is 5.75. The van der Waals surface area contributed by atoms with Crippen molar-refractivity contribution in [2.75, 3.05) is 44.2 Å². The quantitative estimate of drug-likeness (QED) is 0.676. The van der Waals surface area contributed by atoms with E-state index in [1.807, 2.05) is 6.07 Å². The number of hydrogen-bond donors (Lipinski definition) is 1. The normalized spacial score (nSPS) is 14.9. The van der Waals surface area contributed by atoms with E-state index >= 15 is 0 Å². The Hall–Kier alpha value is -2.74. The van der Waals surface area contributed by atoms with Crippen molar-refractivity contribution < 1.29 is 4.79 Å². The predicted molar refractivity (Wildman–Crippen MR) is 104 cm³/mol. The van der Waals surface area contributed by atoms with Crippen molar-refractivity contribution in [3.8, 4) is 0 Å². The van der Waals surface area contributed by atoms with Gasteiger partial charge in [-0.1, -0.05) is 6.07 Å². The Morgan fingerprint density at radius 2 is 1.81 bits per heavy atom. The zero-order valence-corrected chi connectivity index (χ0v) is 15.5. The molecule has 3 heterocycles. The molecule has 0 atom stereocenters. The van der Waals surface area contributed by atoms with Gasteiger partial charge in [0.25, 0.3) is 5.56 Å². The maximum Gasteiger partial charge on any atom is 0.250 e. The van der Waals surface area contributed by atoms with Crippen molar-refractivity contribution in [2.24, 2.45) is 0 Å². The second kappa shape index (κ2) is 9.82. The van der Waals surface area contributed by atoms with Crippen LogP contribution in [0.2, 0.25) is 0 Å². The van der Waals surface area contributed by atoms with Crippen LogP contribution in [0.3, 0.4) is 0 Å². The first kappa shape index (κ1) is 19.0. The number of piperazine rings is 1. The summed E-state index contributed by atoms with van der Waals surface area (Å²) in [5, 5.41) is 2.94. The minimum absolute atomic E-state index is 0.0169. The van der Waals surface area contributed by atoms with E-state index in [1.54, 1.807) is 35.3 Å². The average Bonchev–Trinajstić information content (AvgIpc) is 2.72. The molecule has 0 radical (unpaired) electrons. The summed E-state index contributed by atoms with van der Waals surface area (Å²) in [5.41, 5.74) is -0.0784. The van der Waals surface area contributed by atoms with Gasteiger partial charge in [0.15, 0.2) is 0 Å². The molecule has 0 saturated carbocycles. The monoisotopic (exact) mass is 370 g/mol. The molecule has 1 fully saturated rings. The second-order valence-corrected chi connectivity index (χ2v) is 6.56. The zero-order chi connectivity index (χ0) is 18.9. The van der Waals surface area contributed by atoms with Gasteiger partial charge in [0.1, 0.15) is 0 Å². The van der Waals surface area contributed by atoms with E-state index in [0.717, 1.165) is 45.1 Å². The maximum absolute atomic E-state index is 11.9. The van der Waals surface area contributed by atoms with Crippen molar-refractivity contribution >= 4 is 11.9 Å². The van der Waals surface area contributed by atoms with Crippen LogP contribution in [-0.2, 0) is 11.3 Å². The van der Waals surface area contributed by atoms with Gasteiger partial charge in [0, 0.05) is 70.3 Å². The van der Waals surface area contributed by atoms with Crippen molar-refractivity contribution in [2.45, 2.75) is 19.4 Å². The molecule has 0 aliphatic carbocycles. The first-order chi connectivity index (χ1) is 13.2. The Kier molecular flexibility index (Phi) is 6.92. The molecule has 2 aromatic heterocycles. The lowest BCUT2D eigenvalue weighted by Crippen LogP contribution is -2.47. The van der Waals surface area contributed by atoms with Crippen LogP contribution in [0, 0.1) is 0 Å². The van der Waals surface area contributed by atoms with E-state index < -0.39 is 0 Å². The number of nitrogens with zero attached hydrogens (tertiary/aromatic N) is 5. The SMILES string of the molecule is O=C(CCn1ccccc1=O)NCCCN1CCN(c2ncccn2)CC1. The third kappa shape index (κ3) is 5.89. The summed E-state index contributed by atoms with van der Waals surface area (Å²) in [5.74, 6) is 0.777. The second-order valence-electron chi connectivity index (χ2n) is 6.56. The van der Waals surface area contributed by atoms with Gasteiger partial charge in [-0.25, -0.2) is 9.97 Å². The molecule has 1 amide bonds. The van der Waals surface area contributed by atoms with Gasteiger partial charge in [-0.2, -0.15) is 0 Å². The maximum atomic E-state index is 11.9. The molecule has 2 aromatic rings. The number of hydrogen-bond acceptors (Lipinski definition) is 6. The molecule has 0 bridgehead atoms. The van der Waals surface area contributed by atoms with Gasteiger partial charge in [0.05, 0.1) is 0 Å². The smallest absolute Gasteiger partial charge is 0.250 e. The molecule has 0 spiro atoms. The molecule has 27 heavy (non-hydrogen) atoms. The third-order valence-electron chi connectivity index (χ3n) is 4.66. The number of pyridine rings is 1. The first-order valence-electron chi connectivity index (χ1n) is 9.39. The summed E-state index contributed by atoms with van der Waals surface area (Å²) in [7, 11) is 0. The minimum atomic E-state index is -0.0784. The highest BCUT2D eigenvalue weighted by Gasteiger charge is 2.18. The number of carbonyl (C=O) groups excluding carboxylic acids is 1. The lowest BCUT2D eigenvalue weighted by Gasteiger charge is -2.34. The van der Waals surface area contributed by atoms with Gasteiger partial charge < -0.3 is 14.8 Å². The lowest BCUT2D eigenvalue weighted by atomic mass is 10.3. The highest BCUT2D eigenvalue weighted by Crippen LogP contribution is 2.09. The van der Waals surface area contributed by atoms with Crippen molar-refractivity contribution in [1.82, 2.24) is 24.8 Å². The number of aryl methyl sites for hydroxylation is 1. The summed E-state index contributed by atoms with van der Waals surface area (Å²) in [4.78, 5) is 36.7. The summed E-state index contributed by atoms with van der Waals surface area (Å²) in [6, 6.07) is 6.82. The number of anilines is 1. The molecule has 8 nitrogen and oxygen atoms in total. The Bertz CT molecular complexity index is 771. The van der Waals surface area contributed by atoms with Crippen molar-refractivity contribution in [3.63, 3.8) is 0 Å². The zero-order valence-electron chi connectivity index (χ0n) is 15.5. The van der Waals surface area contributed by atoms with Crippen LogP contribution in [0.1, 0.15) is 12.8 Å². The molecule has 1 N–H and O–H groups in total. The number of aromatic nitrogens is 3. The molecule has 144 valence electrons. The topological polar surface area (TPSA) is 83.4 Å². The van der Waals surface area contributed by atoms with Crippen LogP contribution < -0.4 is 15.8 Å². The third-order valence-corrected chi connectivity index (χ3v) is 4.66. The largest absolute Gasteiger partial charge is 0.356 e. The molecule has 0 unspecified atom stereocenters. The standard InChI is InChI=1S/C19H26N6O2/c26-17(6-12-24-11-2-1-5-18(24)27)20-9-4-10-23-13-15-25(16-14-23)19-21-7-3-8-22-19/h1-3,5,7-8,11H,4,6,9-10,12-16H2,(H,20,26). The van der Waals surface area contributed by atoms with Gasteiger partial charge in [-0.15, -0.1) is 0 Å². The van der Waals surface area contributed by atoms with Crippen LogP contribution in [0.15, 0.2) is 47.7 Å². The Morgan fingerprint density at radius 1 is 1.04 bits per heavy atom. The predicted octanol–water partition coefficient (Wildman–Crippen LogP) is 0.357. The summed E-state index contributed by atoms with van der Waals surface area (Å²) in [6.07, 6.45) is 6.48. The van der Waals surface area contributed by atoms with Gasteiger partial charge in [-0.3, -0.25) is 14.5 Å². The fourth-order valence-electron chi connectivity index (χ4n) is 3.11. The Labute approximate surface area is 158 Å². The van der Waals surface area contributed by atoms with Crippen molar-refractivity contribution in [1.29, 1.82) is 0 Å². The molecular weight excluding hydrogens is 344 g/mol. The molecule has 1 saturated heterocycles. The average molecular weight is 370 g/mol. The summed E-state index contributed by atoms with van der Waals surface area (Å²) >= 11 is 0. The van der Waals surface area contributed by atoms with Gasteiger partial charge >= 0.3 is 0 Å². The molecule has 3 rings (SSSR count). The lowest BCUT2D eigenvalue weighted by molar-refractivity contribution is -0.121. The van der Waals surface area contributed by atoms with E-state index in [0.29, 0.717) is 19.5 Å². The van der Waals surface area contributed by atoms with E-state index in [1.165, 1.54) is 6.07 Å². The van der Waals surface area contributed by atoms with Crippen LogP contribution in [0.25, 0.3) is 0 Å². The number of amides is 1.